The Balaban J connectivity index is 1.94. The molecule has 6 heteroatoms. The predicted octanol–water partition coefficient (Wildman–Crippen LogP) is 5.57. The summed E-state index contributed by atoms with van der Waals surface area (Å²) in [7, 11) is 0. The SMILES string of the molecule is Nc1c(Br)cc(C(=O)O[C@@H](C(=O)c2ccccc2)c2ccccc2)cc1Br. The highest BCUT2D eigenvalue weighted by molar-refractivity contribution is 9.11. The molecule has 0 aliphatic heterocycles. The molecule has 0 amide bonds. The Morgan fingerprint density at radius 3 is 1.89 bits per heavy atom. The van der Waals surface area contributed by atoms with Gasteiger partial charge in [-0.3, -0.25) is 4.79 Å². The highest BCUT2D eigenvalue weighted by atomic mass is 79.9. The fourth-order valence-electron chi connectivity index (χ4n) is 2.53. The number of ether oxygens (including phenoxy) is 1. The average molecular weight is 489 g/mol. The molecule has 0 heterocycles. The molecule has 3 rings (SSSR count). The first-order valence-electron chi connectivity index (χ1n) is 8.07. The van der Waals surface area contributed by atoms with Crippen LogP contribution in [0.25, 0.3) is 0 Å². The summed E-state index contributed by atoms with van der Waals surface area (Å²) in [6.45, 7) is 0. The van der Waals surface area contributed by atoms with Gasteiger partial charge in [-0.2, -0.15) is 0 Å². The molecule has 1 atom stereocenters. The lowest BCUT2D eigenvalue weighted by Gasteiger charge is -2.18. The zero-order valence-electron chi connectivity index (χ0n) is 14.1. The molecule has 3 aromatic carbocycles. The Bertz CT molecular complexity index is 952. The molecule has 0 aliphatic carbocycles. The Morgan fingerprint density at radius 2 is 1.33 bits per heavy atom. The van der Waals surface area contributed by atoms with Gasteiger partial charge in [-0.05, 0) is 44.0 Å². The van der Waals surface area contributed by atoms with E-state index in [9.17, 15) is 9.59 Å². The number of nitrogen functional groups attached to an aromatic ring is 1. The van der Waals surface area contributed by atoms with Crippen molar-refractivity contribution in [3.63, 3.8) is 0 Å². The average Bonchev–Trinajstić information content (AvgIpc) is 2.70. The minimum absolute atomic E-state index is 0.282. The highest BCUT2D eigenvalue weighted by Crippen LogP contribution is 2.31. The zero-order chi connectivity index (χ0) is 19.4. The summed E-state index contributed by atoms with van der Waals surface area (Å²) < 4.78 is 6.75. The van der Waals surface area contributed by atoms with Crippen molar-refractivity contribution in [2.24, 2.45) is 0 Å². The molecular weight excluding hydrogens is 474 g/mol. The molecule has 0 aliphatic rings. The largest absolute Gasteiger partial charge is 0.445 e. The first kappa shape index (κ1) is 19.3. The van der Waals surface area contributed by atoms with Crippen LogP contribution in [0, 0.1) is 0 Å². The van der Waals surface area contributed by atoms with Gasteiger partial charge in [-0.15, -0.1) is 0 Å². The summed E-state index contributed by atoms with van der Waals surface area (Å²) in [5.41, 5.74) is 7.70. The van der Waals surface area contributed by atoms with Gasteiger partial charge in [0.2, 0.25) is 5.78 Å². The summed E-state index contributed by atoms with van der Waals surface area (Å²) in [5.74, 6) is -0.904. The van der Waals surface area contributed by atoms with E-state index in [1.807, 2.05) is 12.1 Å². The second kappa shape index (κ2) is 8.50. The summed E-state index contributed by atoms with van der Waals surface area (Å²) in [6, 6.07) is 20.8. The Hall–Kier alpha value is -2.44. The van der Waals surface area contributed by atoms with Crippen LogP contribution in [0.3, 0.4) is 0 Å². The summed E-state index contributed by atoms with van der Waals surface area (Å²) in [5, 5.41) is 0. The number of ketones is 1. The lowest BCUT2D eigenvalue weighted by atomic mass is 10.00. The van der Waals surface area contributed by atoms with Gasteiger partial charge in [-0.1, -0.05) is 60.7 Å². The molecule has 0 fully saturated rings. The normalized spacial score (nSPS) is 11.6. The van der Waals surface area contributed by atoms with Crippen molar-refractivity contribution in [2.45, 2.75) is 6.10 Å². The quantitative estimate of drug-likeness (QED) is 0.289. The molecule has 4 nitrogen and oxygen atoms in total. The van der Waals surface area contributed by atoms with Gasteiger partial charge in [0, 0.05) is 20.1 Å². The summed E-state index contributed by atoms with van der Waals surface area (Å²) in [4.78, 5) is 25.7. The van der Waals surface area contributed by atoms with E-state index in [2.05, 4.69) is 31.9 Å². The predicted molar refractivity (Wildman–Crippen MR) is 112 cm³/mol. The number of benzene rings is 3. The van der Waals surface area contributed by atoms with E-state index in [0.29, 0.717) is 25.8 Å². The van der Waals surface area contributed by atoms with E-state index < -0.39 is 12.1 Å². The van der Waals surface area contributed by atoms with E-state index in [1.165, 1.54) is 0 Å². The van der Waals surface area contributed by atoms with E-state index in [-0.39, 0.29) is 11.3 Å². The number of Topliss-reactive ketones (excluding diaryl/α,β-unsaturated/α-hetero) is 1. The second-order valence-electron chi connectivity index (χ2n) is 5.78. The fourth-order valence-corrected chi connectivity index (χ4v) is 3.72. The Labute approximate surface area is 173 Å². The van der Waals surface area contributed by atoms with Crippen LogP contribution in [0.1, 0.15) is 32.4 Å². The molecular formula is C21H15Br2NO3. The van der Waals surface area contributed by atoms with Crippen LogP contribution in [0.4, 0.5) is 5.69 Å². The maximum absolute atomic E-state index is 13.0. The highest BCUT2D eigenvalue weighted by Gasteiger charge is 2.27. The number of anilines is 1. The maximum atomic E-state index is 13.0. The van der Waals surface area contributed by atoms with Crippen molar-refractivity contribution < 1.29 is 14.3 Å². The fraction of sp³-hybridized carbons (Fsp3) is 0.0476. The Kier molecular flexibility index (Phi) is 6.08. The van der Waals surface area contributed by atoms with Crippen LogP contribution in [-0.4, -0.2) is 11.8 Å². The van der Waals surface area contributed by atoms with Crippen molar-refractivity contribution in [1.82, 2.24) is 0 Å². The van der Waals surface area contributed by atoms with Gasteiger partial charge >= 0.3 is 5.97 Å². The monoisotopic (exact) mass is 487 g/mol. The van der Waals surface area contributed by atoms with Gasteiger partial charge in [-0.25, -0.2) is 4.79 Å². The molecule has 0 saturated carbocycles. The van der Waals surface area contributed by atoms with E-state index in [4.69, 9.17) is 10.5 Å². The summed E-state index contributed by atoms with van der Waals surface area (Å²) in [6.07, 6.45) is -1.05. The lowest BCUT2D eigenvalue weighted by Crippen LogP contribution is -2.20. The molecule has 0 saturated heterocycles. The van der Waals surface area contributed by atoms with Gasteiger partial charge in [0.15, 0.2) is 6.10 Å². The van der Waals surface area contributed by atoms with E-state index >= 15 is 0 Å². The zero-order valence-corrected chi connectivity index (χ0v) is 17.2. The number of rotatable bonds is 5. The smallest absolute Gasteiger partial charge is 0.339 e. The van der Waals surface area contributed by atoms with Crippen LogP contribution >= 0.6 is 31.9 Å². The van der Waals surface area contributed by atoms with Crippen molar-refractivity contribution in [3.8, 4) is 0 Å². The van der Waals surface area contributed by atoms with E-state index in [0.717, 1.165) is 0 Å². The first-order valence-corrected chi connectivity index (χ1v) is 9.65. The Morgan fingerprint density at radius 1 is 0.815 bits per heavy atom. The van der Waals surface area contributed by atoms with Crippen molar-refractivity contribution in [1.29, 1.82) is 0 Å². The molecule has 0 radical (unpaired) electrons. The molecule has 2 N–H and O–H groups in total. The van der Waals surface area contributed by atoms with Crippen LogP contribution in [0.5, 0.6) is 0 Å². The number of halogens is 2. The van der Waals surface area contributed by atoms with Crippen LogP contribution < -0.4 is 5.73 Å². The molecule has 0 unspecified atom stereocenters. The molecule has 0 aromatic heterocycles. The number of hydrogen-bond donors (Lipinski definition) is 1. The van der Waals surface area contributed by atoms with Gasteiger partial charge in [0.25, 0.3) is 0 Å². The number of carbonyl (C=O) groups excluding carboxylic acids is 2. The number of hydrogen-bond acceptors (Lipinski definition) is 4. The van der Waals surface area contributed by atoms with Crippen LogP contribution in [-0.2, 0) is 4.74 Å². The van der Waals surface area contributed by atoms with Crippen molar-refractivity contribution >= 4 is 49.3 Å². The molecule has 0 bridgehead atoms. The van der Waals surface area contributed by atoms with Gasteiger partial charge < -0.3 is 10.5 Å². The minimum Gasteiger partial charge on any atom is -0.445 e. The number of carbonyl (C=O) groups is 2. The summed E-state index contributed by atoms with van der Waals surface area (Å²) >= 11 is 6.62. The van der Waals surface area contributed by atoms with Crippen molar-refractivity contribution in [3.05, 3.63) is 98.4 Å². The molecule has 27 heavy (non-hydrogen) atoms. The van der Waals surface area contributed by atoms with E-state index in [1.54, 1.807) is 60.7 Å². The topological polar surface area (TPSA) is 69.4 Å². The molecule has 136 valence electrons. The van der Waals surface area contributed by atoms with Crippen LogP contribution in [0.15, 0.2) is 81.7 Å². The third-order valence-electron chi connectivity index (χ3n) is 3.94. The lowest BCUT2D eigenvalue weighted by molar-refractivity contribution is 0.0280. The van der Waals surface area contributed by atoms with Crippen LogP contribution in [0.2, 0.25) is 0 Å². The standard InChI is InChI=1S/C21H15Br2NO3/c22-16-11-15(12-17(23)18(16)24)21(26)27-20(14-9-5-2-6-10-14)19(25)13-7-3-1-4-8-13/h1-12,20H,24H2/t20-/m1/s1. The minimum atomic E-state index is -1.05. The molecule has 3 aromatic rings. The van der Waals surface area contributed by atoms with Crippen molar-refractivity contribution in [2.75, 3.05) is 5.73 Å². The third kappa shape index (κ3) is 4.46. The third-order valence-corrected chi connectivity index (χ3v) is 5.25. The second-order valence-corrected chi connectivity index (χ2v) is 7.49. The number of nitrogens with two attached hydrogens (primary N) is 1. The molecule has 0 spiro atoms. The van der Waals surface area contributed by atoms with Gasteiger partial charge in [0.1, 0.15) is 0 Å². The maximum Gasteiger partial charge on any atom is 0.339 e. The number of esters is 1. The first-order chi connectivity index (χ1) is 13.0. The van der Waals surface area contributed by atoms with Gasteiger partial charge in [0.05, 0.1) is 11.3 Å².